The second kappa shape index (κ2) is 11.0. The molecule has 3 aromatic carbocycles. The number of amides is 2. The third-order valence-corrected chi connectivity index (χ3v) is 4.88. The van der Waals surface area contributed by atoms with Gasteiger partial charge in [0.05, 0.1) is 0 Å². The van der Waals surface area contributed by atoms with E-state index in [1.807, 2.05) is 50.2 Å². The van der Waals surface area contributed by atoms with Crippen LogP contribution in [0.2, 0.25) is 0 Å². The molecule has 0 saturated heterocycles. The Morgan fingerprint density at radius 3 is 2.39 bits per heavy atom. The Bertz CT molecular complexity index is 1000. The molecule has 3 aromatic rings. The molecule has 3 rings (SSSR count). The van der Waals surface area contributed by atoms with Crippen LogP contribution >= 0.6 is 0 Å². The molecule has 2 amide bonds. The lowest BCUT2D eigenvalue weighted by Gasteiger charge is -2.14. The number of anilines is 1. The van der Waals surface area contributed by atoms with Crippen molar-refractivity contribution < 1.29 is 14.3 Å². The highest BCUT2D eigenvalue weighted by Gasteiger charge is 2.09. The maximum absolute atomic E-state index is 12.3. The molecule has 0 aromatic heterocycles. The summed E-state index contributed by atoms with van der Waals surface area (Å²) in [6.45, 7) is 3.89. The summed E-state index contributed by atoms with van der Waals surface area (Å²) >= 11 is 0. The lowest BCUT2D eigenvalue weighted by Crippen LogP contribution is -2.36. The molecule has 5 nitrogen and oxygen atoms in total. The molecule has 0 unspecified atom stereocenters. The van der Waals surface area contributed by atoms with Crippen molar-refractivity contribution in [1.82, 2.24) is 5.32 Å². The molecular formula is C26H28N2O3. The van der Waals surface area contributed by atoms with E-state index < -0.39 is 0 Å². The minimum Gasteiger partial charge on any atom is -0.484 e. The first kappa shape index (κ1) is 22.1. The third kappa shape index (κ3) is 7.30. The fourth-order valence-corrected chi connectivity index (χ4v) is 3.19. The molecule has 160 valence electrons. The number of carbonyl (C=O) groups is 2. The van der Waals surface area contributed by atoms with Gasteiger partial charge in [0.1, 0.15) is 5.75 Å². The summed E-state index contributed by atoms with van der Waals surface area (Å²) in [6, 6.07) is 24.7. The summed E-state index contributed by atoms with van der Waals surface area (Å²) in [7, 11) is 0. The number of rotatable bonds is 9. The molecule has 0 heterocycles. The van der Waals surface area contributed by atoms with Gasteiger partial charge < -0.3 is 15.4 Å². The molecule has 0 aliphatic heterocycles. The zero-order valence-electron chi connectivity index (χ0n) is 17.9. The molecule has 2 N–H and O–H groups in total. The molecule has 31 heavy (non-hydrogen) atoms. The number of ether oxygens (including phenoxy) is 1. The number of hydrogen-bond acceptors (Lipinski definition) is 3. The van der Waals surface area contributed by atoms with Gasteiger partial charge in [-0.15, -0.1) is 0 Å². The van der Waals surface area contributed by atoms with E-state index in [0.717, 1.165) is 18.4 Å². The van der Waals surface area contributed by atoms with E-state index in [0.29, 0.717) is 17.0 Å². The predicted molar refractivity (Wildman–Crippen MR) is 123 cm³/mol. The highest BCUT2D eigenvalue weighted by molar-refractivity contribution is 6.04. The zero-order chi connectivity index (χ0) is 22.1. The van der Waals surface area contributed by atoms with E-state index in [9.17, 15) is 9.59 Å². The molecular weight excluding hydrogens is 388 g/mol. The van der Waals surface area contributed by atoms with Gasteiger partial charge in [-0.3, -0.25) is 9.59 Å². The first-order chi connectivity index (χ1) is 15.0. The molecule has 0 aliphatic carbocycles. The average Bonchev–Trinajstić information content (AvgIpc) is 2.78. The molecule has 0 aliphatic rings. The smallest absolute Gasteiger partial charge is 0.258 e. The van der Waals surface area contributed by atoms with Crippen LogP contribution in [0.4, 0.5) is 5.69 Å². The summed E-state index contributed by atoms with van der Waals surface area (Å²) in [4.78, 5) is 24.5. The first-order valence-electron chi connectivity index (χ1n) is 10.4. The monoisotopic (exact) mass is 416 g/mol. The minimum atomic E-state index is -0.166. The Morgan fingerprint density at radius 2 is 1.68 bits per heavy atom. The molecule has 0 radical (unpaired) electrons. The van der Waals surface area contributed by atoms with Crippen molar-refractivity contribution in [2.45, 2.75) is 32.7 Å². The Balaban J connectivity index is 1.41. The second-order valence-electron chi connectivity index (χ2n) is 7.63. The highest BCUT2D eigenvalue weighted by Crippen LogP contribution is 2.17. The maximum Gasteiger partial charge on any atom is 0.258 e. The summed E-state index contributed by atoms with van der Waals surface area (Å²) in [6.07, 6.45) is 1.78. The van der Waals surface area contributed by atoms with Crippen LogP contribution in [0, 0.1) is 6.92 Å². The fraction of sp³-hybridized carbons (Fsp3) is 0.231. The standard InChI is InChI=1S/C26H28N2O3/c1-19-7-6-10-22(17-19)26(30)28-23-13-15-24(16-14-23)31-18-25(29)27-20(2)11-12-21-8-4-3-5-9-21/h3-10,13-17,20H,11-12,18H2,1-2H3,(H,27,29)(H,28,30)/t20-/m1/s1. The second-order valence-corrected chi connectivity index (χ2v) is 7.63. The molecule has 0 saturated carbocycles. The number of nitrogens with one attached hydrogen (secondary N) is 2. The van der Waals surface area contributed by atoms with Crippen LogP contribution in [0.3, 0.4) is 0 Å². The Kier molecular flexibility index (Phi) is 7.82. The van der Waals surface area contributed by atoms with Gasteiger partial charge in [0.2, 0.25) is 0 Å². The SMILES string of the molecule is Cc1cccc(C(=O)Nc2ccc(OCC(=O)N[C@H](C)CCc3ccccc3)cc2)c1. The number of carbonyl (C=O) groups excluding carboxylic acids is 2. The summed E-state index contributed by atoms with van der Waals surface area (Å²) in [5, 5.41) is 5.82. The molecule has 0 spiro atoms. The van der Waals surface area contributed by atoms with Crippen molar-refractivity contribution in [1.29, 1.82) is 0 Å². The number of hydrogen-bond donors (Lipinski definition) is 2. The van der Waals surface area contributed by atoms with E-state index in [4.69, 9.17) is 4.74 Å². The highest BCUT2D eigenvalue weighted by atomic mass is 16.5. The van der Waals surface area contributed by atoms with Crippen molar-refractivity contribution in [3.63, 3.8) is 0 Å². The number of benzene rings is 3. The van der Waals surface area contributed by atoms with Crippen molar-refractivity contribution >= 4 is 17.5 Å². The van der Waals surface area contributed by atoms with Crippen LogP contribution in [0.15, 0.2) is 78.9 Å². The van der Waals surface area contributed by atoms with Gasteiger partial charge in [-0.2, -0.15) is 0 Å². The summed E-state index contributed by atoms with van der Waals surface area (Å²) in [5.41, 5.74) is 3.56. The number of aryl methyl sites for hydroxylation is 2. The lowest BCUT2D eigenvalue weighted by atomic mass is 10.1. The van der Waals surface area contributed by atoms with Crippen LogP contribution in [-0.4, -0.2) is 24.5 Å². The van der Waals surface area contributed by atoms with Crippen LogP contribution in [-0.2, 0) is 11.2 Å². The largest absolute Gasteiger partial charge is 0.484 e. The van der Waals surface area contributed by atoms with Crippen molar-refractivity contribution in [2.24, 2.45) is 0 Å². The van der Waals surface area contributed by atoms with Gasteiger partial charge >= 0.3 is 0 Å². The zero-order valence-corrected chi connectivity index (χ0v) is 17.9. The van der Waals surface area contributed by atoms with E-state index in [2.05, 4.69) is 22.8 Å². The van der Waals surface area contributed by atoms with Gasteiger partial charge in [-0.1, -0.05) is 48.0 Å². The Labute approximate surface area is 183 Å². The summed E-state index contributed by atoms with van der Waals surface area (Å²) < 4.78 is 5.57. The van der Waals surface area contributed by atoms with Crippen LogP contribution in [0.1, 0.15) is 34.8 Å². The Morgan fingerprint density at radius 1 is 0.935 bits per heavy atom. The molecule has 1 atom stereocenters. The fourth-order valence-electron chi connectivity index (χ4n) is 3.19. The van der Waals surface area contributed by atoms with Crippen molar-refractivity contribution in [2.75, 3.05) is 11.9 Å². The van der Waals surface area contributed by atoms with E-state index in [-0.39, 0.29) is 24.5 Å². The average molecular weight is 417 g/mol. The summed E-state index contributed by atoms with van der Waals surface area (Å²) in [5.74, 6) is 0.249. The van der Waals surface area contributed by atoms with Gasteiger partial charge in [-0.25, -0.2) is 0 Å². The van der Waals surface area contributed by atoms with Gasteiger partial charge in [-0.05, 0) is 68.7 Å². The molecule has 0 bridgehead atoms. The van der Waals surface area contributed by atoms with E-state index >= 15 is 0 Å². The van der Waals surface area contributed by atoms with Crippen LogP contribution in [0.25, 0.3) is 0 Å². The van der Waals surface area contributed by atoms with Gasteiger partial charge in [0, 0.05) is 17.3 Å². The van der Waals surface area contributed by atoms with Crippen molar-refractivity contribution in [3.8, 4) is 5.75 Å². The Hall–Kier alpha value is -3.60. The van der Waals surface area contributed by atoms with Gasteiger partial charge in [0.15, 0.2) is 6.61 Å². The normalized spacial score (nSPS) is 11.4. The van der Waals surface area contributed by atoms with Crippen LogP contribution < -0.4 is 15.4 Å². The first-order valence-corrected chi connectivity index (χ1v) is 10.4. The van der Waals surface area contributed by atoms with Gasteiger partial charge in [0.25, 0.3) is 11.8 Å². The van der Waals surface area contributed by atoms with Crippen molar-refractivity contribution in [3.05, 3.63) is 95.6 Å². The minimum absolute atomic E-state index is 0.0509. The van der Waals surface area contributed by atoms with Crippen LogP contribution in [0.5, 0.6) is 5.75 Å². The third-order valence-electron chi connectivity index (χ3n) is 4.88. The molecule has 5 heteroatoms. The van der Waals surface area contributed by atoms with E-state index in [1.165, 1.54) is 5.56 Å². The topological polar surface area (TPSA) is 67.4 Å². The maximum atomic E-state index is 12.3. The predicted octanol–water partition coefficient (Wildman–Crippen LogP) is 4.76. The quantitative estimate of drug-likeness (QED) is 0.528. The lowest BCUT2D eigenvalue weighted by molar-refractivity contribution is -0.123. The van der Waals surface area contributed by atoms with E-state index in [1.54, 1.807) is 30.3 Å². The molecule has 0 fully saturated rings.